The van der Waals surface area contributed by atoms with Crippen LogP contribution in [0, 0.1) is 24.2 Å². The van der Waals surface area contributed by atoms with E-state index in [9.17, 15) is 0 Å². The summed E-state index contributed by atoms with van der Waals surface area (Å²) in [5.41, 5.74) is 7.20. The fraction of sp³-hybridized carbons (Fsp3) is 0.0345. The maximum absolute atomic E-state index is 6.81. The van der Waals surface area contributed by atoms with Crippen LogP contribution >= 0.6 is 11.3 Å². The number of fused-ring (bicyclic) bond motifs is 6. The van der Waals surface area contributed by atoms with Crippen molar-refractivity contribution in [2.75, 3.05) is 0 Å². The molecule has 9 aromatic rings. The molecule has 0 radical (unpaired) electrons. The molecule has 61 heavy (non-hydrogen) atoms. The van der Waals surface area contributed by atoms with E-state index in [1.807, 2.05) is 60.0 Å². The van der Waals surface area contributed by atoms with Crippen LogP contribution in [0.15, 0.2) is 212 Å². The highest BCUT2D eigenvalue weighted by molar-refractivity contribution is 7.10. The number of benzene rings is 8. The molecule has 2 aliphatic rings. The van der Waals surface area contributed by atoms with Crippen molar-refractivity contribution in [2.24, 2.45) is 0 Å². The van der Waals surface area contributed by atoms with E-state index in [1.165, 1.54) is 5.39 Å². The Bertz CT molecular complexity index is 3100. The van der Waals surface area contributed by atoms with Crippen molar-refractivity contribution >= 4 is 45.0 Å². The summed E-state index contributed by atoms with van der Waals surface area (Å²) in [4.78, 5) is 1.08. The second-order valence-corrected chi connectivity index (χ2v) is 16.0. The summed E-state index contributed by atoms with van der Waals surface area (Å²) in [5.74, 6) is 11.0. The summed E-state index contributed by atoms with van der Waals surface area (Å²) in [6, 6.07) is 66.4. The van der Waals surface area contributed by atoms with Crippen LogP contribution in [0.2, 0.25) is 0 Å². The van der Waals surface area contributed by atoms with Gasteiger partial charge in [0.1, 0.15) is 11.5 Å². The van der Waals surface area contributed by atoms with Gasteiger partial charge < -0.3 is 9.47 Å². The number of thiophene rings is 1. The molecular formula is C58H38O2S. The van der Waals surface area contributed by atoms with Crippen molar-refractivity contribution in [1.29, 1.82) is 0 Å². The van der Waals surface area contributed by atoms with Gasteiger partial charge in [-0.05, 0) is 93.7 Å². The molecule has 0 N–H and O–H groups in total. The standard InChI is InChI=1S/C31H20OS.C27H18O/c1-3-8-25(9-4-1)31(26-10-5-2-6-11-26)20-19-29-28-17-14-23(13-16-27-12-7-21-33-27)22-24(28)15-18-30(29)32-31;1-2-20-13-15-24-21(19-20)14-16-26-25(24)17-18-27(28-26,22-9-5-3-6-10-22)23-11-7-4-8-12-23/h1-12,14-15,17-22H;1,3-19H. The zero-order chi connectivity index (χ0) is 41.1. The average Bonchev–Trinajstić information content (AvgIpc) is 3.88. The molecule has 0 unspecified atom stereocenters. The summed E-state index contributed by atoms with van der Waals surface area (Å²) >= 11 is 1.66. The zero-order valence-corrected chi connectivity index (χ0v) is 34.0. The van der Waals surface area contributed by atoms with Crippen molar-refractivity contribution in [3.63, 3.8) is 0 Å². The molecule has 0 saturated heterocycles. The van der Waals surface area contributed by atoms with Crippen LogP contribution in [0.5, 0.6) is 11.5 Å². The van der Waals surface area contributed by atoms with E-state index < -0.39 is 11.2 Å². The highest BCUT2D eigenvalue weighted by Gasteiger charge is 2.38. The Morgan fingerprint density at radius 1 is 0.426 bits per heavy atom. The van der Waals surface area contributed by atoms with Gasteiger partial charge in [-0.1, -0.05) is 169 Å². The quantitative estimate of drug-likeness (QED) is 0.165. The summed E-state index contributed by atoms with van der Waals surface area (Å²) in [7, 11) is 0. The third-order valence-electron chi connectivity index (χ3n) is 11.4. The minimum atomic E-state index is -0.657. The third-order valence-corrected chi connectivity index (χ3v) is 12.2. The fourth-order valence-electron chi connectivity index (χ4n) is 8.35. The predicted molar refractivity (Wildman–Crippen MR) is 253 cm³/mol. The zero-order valence-electron chi connectivity index (χ0n) is 33.2. The Labute approximate surface area is 360 Å². The summed E-state index contributed by atoms with van der Waals surface area (Å²) in [5, 5.41) is 6.64. The number of ether oxygens (including phenoxy) is 2. The van der Waals surface area contributed by atoms with E-state index in [4.69, 9.17) is 15.9 Å². The Kier molecular flexibility index (Phi) is 9.88. The molecule has 288 valence electrons. The van der Waals surface area contributed by atoms with Crippen LogP contribution in [0.1, 0.15) is 49.4 Å². The summed E-state index contributed by atoms with van der Waals surface area (Å²) in [6.07, 6.45) is 14.3. The maximum atomic E-state index is 6.81. The number of hydrogen-bond acceptors (Lipinski definition) is 3. The molecule has 0 aliphatic carbocycles. The van der Waals surface area contributed by atoms with E-state index in [0.717, 1.165) is 77.0 Å². The molecule has 3 heteroatoms. The van der Waals surface area contributed by atoms with Crippen LogP contribution in [-0.2, 0) is 11.2 Å². The third kappa shape index (κ3) is 7.08. The van der Waals surface area contributed by atoms with E-state index in [0.29, 0.717) is 0 Å². The highest BCUT2D eigenvalue weighted by atomic mass is 32.1. The molecule has 2 nitrogen and oxygen atoms in total. The molecule has 3 heterocycles. The number of hydrogen-bond donors (Lipinski definition) is 0. The van der Waals surface area contributed by atoms with Crippen LogP contribution in [0.25, 0.3) is 33.7 Å². The highest BCUT2D eigenvalue weighted by Crippen LogP contribution is 2.46. The van der Waals surface area contributed by atoms with Crippen molar-refractivity contribution in [1.82, 2.24) is 0 Å². The molecule has 0 saturated carbocycles. The van der Waals surface area contributed by atoms with Crippen LogP contribution in [0.3, 0.4) is 0 Å². The van der Waals surface area contributed by atoms with E-state index in [-0.39, 0.29) is 0 Å². The van der Waals surface area contributed by atoms with Gasteiger partial charge in [-0.2, -0.15) is 0 Å². The predicted octanol–water partition coefficient (Wildman–Crippen LogP) is 13.8. The van der Waals surface area contributed by atoms with Gasteiger partial charge in [-0.3, -0.25) is 0 Å². The van der Waals surface area contributed by atoms with Crippen molar-refractivity contribution < 1.29 is 9.47 Å². The molecular weight excluding hydrogens is 761 g/mol. The maximum Gasteiger partial charge on any atom is 0.178 e. The molecule has 0 fully saturated rings. The van der Waals surface area contributed by atoms with Gasteiger partial charge in [0.2, 0.25) is 0 Å². The van der Waals surface area contributed by atoms with Gasteiger partial charge >= 0.3 is 0 Å². The Morgan fingerprint density at radius 3 is 1.30 bits per heavy atom. The summed E-state index contributed by atoms with van der Waals surface area (Å²) in [6.45, 7) is 0. The van der Waals surface area contributed by atoms with Crippen LogP contribution < -0.4 is 9.47 Å². The van der Waals surface area contributed by atoms with Crippen LogP contribution in [0.4, 0.5) is 0 Å². The van der Waals surface area contributed by atoms with Gasteiger partial charge in [-0.15, -0.1) is 17.8 Å². The lowest BCUT2D eigenvalue weighted by atomic mass is 9.83. The first-order valence-electron chi connectivity index (χ1n) is 20.3. The molecule has 0 amide bonds. The lowest BCUT2D eigenvalue weighted by Crippen LogP contribution is -2.34. The smallest absolute Gasteiger partial charge is 0.178 e. The lowest BCUT2D eigenvalue weighted by Gasteiger charge is -2.36. The Morgan fingerprint density at radius 2 is 0.869 bits per heavy atom. The molecule has 8 aromatic carbocycles. The minimum Gasteiger partial charge on any atom is -0.473 e. The first-order valence-corrected chi connectivity index (χ1v) is 21.1. The molecule has 11 rings (SSSR count). The number of rotatable bonds is 4. The largest absolute Gasteiger partial charge is 0.473 e. The number of terminal acetylenes is 1. The second-order valence-electron chi connectivity index (χ2n) is 15.0. The van der Waals surface area contributed by atoms with E-state index >= 15 is 0 Å². The van der Waals surface area contributed by atoms with E-state index in [2.05, 4.69) is 182 Å². The monoisotopic (exact) mass is 798 g/mol. The first-order chi connectivity index (χ1) is 30.1. The first kappa shape index (κ1) is 37.5. The molecule has 2 aliphatic heterocycles. The fourth-order valence-corrected chi connectivity index (χ4v) is 8.92. The van der Waals surface area contributed by atoms with Gasteiger partial charge in [-0.25, -0.2) is 0 Å². The molecule has 0 spiro atoms. The van der Waals surface area contributed by atoms with Gasteiger partial charge in [0.15, 0.2) is 11.2 Å². The Balaban J connectivity index is 0.000000148. The average molecular weight is 799 g/mol. The Hall–Kier alpha value is -7.82. The van der Waals surface area contributed by atoms with Crippen molar-refractivity contribution in [2.45, 2.75) is 11.2 Å². The lowest BCUT2D eigenvalue weighted by molar-refractivity contribution is 0.161. The second kappa shape index (κ2) is 16.1. The van der Waals surface area contributed by atoms with Crippen molar-refractivity contribution in [3.8, 4) is 35.7 Å². The van der Waals surface area contributed by atoms with Crippen LogP contribution in [-0.4, -0.2) is 0 Å². The SMILES string of the molecule is C#Cc1ccc2c3c(ccc2c1)OC(c1ccccc1)(c1ccccc1)C=C3.C(#Cc1cccs1)c1ccc2c3c(ccc2c1)OC(c1ccccc1)(c1ccccc1)C=C3. The normalized spacial score (nSPS) is 13.8. The van der Waals surface area contributed by atoms with E-state index in [1.54, 1.807) is 11.3 Å². The molecule has 0 bridgehead atoms. The van der Waals surface area contributed by atoms with Gasteiger partial charge in [0.05, 0.1) is 4.88 Å². The summed E-state index contributed by atoms with van der Waals surface area (Å²) < 4.78 is 13.5. The topological polar surface area (TPSA) is 18.5 Å². The van der Waals surface area contributed by atoms with Gasteiger partial charge in [0, 0.05) is 44.5 Å². The minimum absolute atomic E-state index is 0.651. The molecule has 1 aromatic heterocycles. The molecule has 0 atom stereocenters. The van der Waals surface area contributed by atoms with Gasteiger partial charge in [0.25, 0.3) is 0 Å². The van der Waals surface area contributed by atoms with Crippen molar-refractivity contribution in [3.05, 3.63) is 261 Å².